The summed E-state index contributed by atoms with van der Waals surface area (Å²) in [7, 11) is -3.29. The molecule has 3 rings (SSSR count). The van der Waals surface area contributed by atoms with Gasteiger partial charge in [0.25, 0.3) is 5.91 Å². The van der Waals surface area contributed by atoms with E-state index in [1.54, 1.807) is 0 Å². The maximum Gasteiger partial charge on any atom is 0.277 e. The summed E-state index contributed by atoms with van der Waals surface area (Å²) < 4.78 is 24.3. The Morgan fingerprint density at radius 3 is 2.65 bits per heavy atom. The van der Waals surface area contributed by atoms with Crippen LogP contribution in [-0.2, 0) is 16.4 Å². The second-order valence-corrected chi connectivity index (χ2v) is 8.60. The number of sulfone groups is 1. The lowest BCUT2D eigenvalue weighted by atomic mass is 10.3. The Morgan fingerprint density at radius 2 is 2.04 bits per heavy atom. The van der Waals surface area contributed by atoms with Gasteiger partial charge in [0.15, 0.2) is 15.5 Å². The summed E-state index contributed by atoms with van der Waals surface area (Å²) in [4.78, 5) is 13.2. The summed E-state index contributed by atoms with van der Waals surface area (Å²) >= 11 is 1.43. The van der Waals surface area contributed by atoms with Crippen molar-refractivity contribution >= 4 is 32.8 Å². The monoisotopic (exact) mass is 392 g/mol. The van der Waals surface area contributed by atoms with Gasteiger partial charge in [0.1, 0.15) is 6.10 Å². The molecule has 1 amide bonds. The zero-order valence-electron chi connectivity index (χ0n) is 13.7. The van der Waals surface area contributed by atoms with E-state index in [1.807, 2.05) is 17.5 Å². The molecule has 0 bridgehead atoms. The van der Waals surface area contributed by atoms with E-state index in [9.17, 15) is 18.3 Å². The first kappa shape index (κ1) is 18.2. The number of carbonyl (C=O) groups is 1. The van der Waals surface area contributed by atoms with Gasteiger partial charge in [-0.15, -0.1) is 16.4 Å². The Hall–Kier alpha value is -2.56. The minimum atomic E-state index is -3.29. The highest BCUT2D eigenvalue weighted by Crippen LogP contribution is 2.20. The molecular weight excluding hydrogens is 376 g/mol. The smallest absolute Gasteiger partial charge is 0.277 e. The molecule has 1 atom stereocenters. The van der Waals surface area contributed by atoms with Crippen LogP contribution in [-0.4, -0.2) is 40.7 Å². The topological polar surface area (TPSA) is 114 Å². The van der Waals surface area contributed by atoms with Gasteiger partial charge in [-0.1, -0.05) is 11.3 Å². The molecule has 0 spiro atoms. The second kappa shape index (κ2) is 7.36. The van der Waals surface area contributed by atoms with E-state index in [4.69, 9.17) is 0 Å². The van der Waals surface area contributed by atoms with Gasteiger partial charge in [0.2, 0.25) is 0 Å². The highest BCUT2D eigenvalue weighted by Gasteiger charge is 2.15. The highest BCUT2D eigenvalue weighted by atomic mass is 32.2. The van der Waals surface area contributed by atoms with Gasteiger partial charge in [-0.3, -0.25) is 4.79 Å². The highest BCUT2D eigenvalue weighted by molar-refractivity contribution is 7.90. The number of anilines is 1. The quantitative estimate of drug-likeness (QED) is 0.660. The van der Waals surface area contributed by atoms with Crippen LogP contribution >= 0.6 is 11.3 Å². The summed E-state index contributed by atoms with van der Waals surface area (Å²) in [6.45, 7) is 0.184. The van der Waals surface area contributed by atoms with Crippen molar-refractivity contribution in [3.8, 4) is 0 Å². The van der Waals surface area contributed by atoms with Crippen LogP contribution < -0.4 is 5.32 Å². The fraction of sp³-hybridized carbons (Fsp3) is 0.188. The summed E-state index contributed by atoms with van der Waals surface area (Å²) in [5.74, 6) is -0.478. The summed E-state index contributed by atoms with van der Waals surface area (Å²) in [6, 6.07) is 9.50. The Bertz CT molecular complexity index is 995. The van der Waals surface area contributed by atoms with E-state index >= 15 is 0 Å². The molecule has 2 heterocycles. The number of aromatic nitrogens is 3. The normalized spacial score (nSPS) is 12.7. The van der Waals surface area contributed by atoms with Gasteiger partial charge in [-0.05, 0) is 35.7 Å². The number of carbonyl (C=O) groups excluding carboxylic acids is 1. The Kier molecular flexibility index (Phi) is 5.16. The predicted molar refractivity (Wildman–Crippen MR) is 96.8 cm³/mol. The molecule has 8 nitrogen and oxygen atoms in total. The Labute approximate surface area is 154 Å². The summed E-state index contributed by atoms with van der Waals surface area (Å²) in [5.41, 5.74) is 0.533. The molecule has 1 unspecified atom stereocenters. The van der Waals surface area contributed by atoms with Gasteiger partial charge in [-0.25, -0.2) is 13.1 Å². The molecule has 0 radical (unpaired) electrons. The molecule has 0 fully saturated rings. The number of nitrogens with one attached hydrogen (secondary N) is 1. The first-order chi connectivity index (χ1) is 12.3. The second-order valence-electron chi connectivity index (χ2n) is 5.61. The number of aliphatic hydroxyl groups is 1. The molecule has 3 aromatic rings. The Morgan fingerprint density at radius 1 is 1.31 bits per heavy atom. The predicted octanol–water partition coefficient (Wildman–Crippen LogP) is 1.73. The first-order valence-electron chi connectivity index (χ1n) is 7.56. The van der Waals surface area contributed by atoms with E-state index in [0.29, 0.717) is 5.69 Å². The molecule has 1 aromatic carbocycles. The van der Waals surface area contributed by atoms with Crippen LogP contribution in [0.15, 0.2) is 52.9 Å². The lowest BCUT2D eigenvalue weighted by molar-refractivity contribution is 0.102. The average molecular weight is 392 g/mol. The van der Waals surface area contributed by atoms with Crippen molar-refractivity contribution in [3.63, 3.8) is 0 Å². The third-order valence-electron chi connectivity index (χ3n) is 3.54. The zero-order chi connectivity index (χ0) is 18.7. The van der Waals surface area contributed by atoms with E-state index in [-0.39, 0.29) is 17.1 Å². The third-order valence-corrected chi connectivity index (χ3v) is 5.65. The van der Waals surface area contributed by atoms with Crippen molar-refractivity contribution in [2.45, 2.75) is 17.5 Å². The maximum atomic E-state index is 12.2. The van der Waals surface area contributed by atoms with Gasteiger partial charge < -0.3 is 10.4 Å². The minimum Gasteiger partial charge on any atom is -0.386 e. The van der Waals surface area contributed by atoms with E-state index < -0.39 is 21.8 Å². The van der Waals surface area contributed by atoms with Crippen molar-refractivity contribution in [2.24, 2.45) is 0 Å². The number of amides is 1. The molecule has 0 aliphatic heterocycles. The zero-order valence-corrected chi connectivity index (χ0v) is 15.4. The molecule has 2 aromatic heterocycles. The fourth-order valence-corrected chi connectivity index (χ4v) is 3.55. The van der Waals surface area contributed by atoms with Crippen LogP contribution in [0.5, 0.6) is 0 Å². The standard InChI is InChI=1S/C16H16N4O4S2/c1-26(23,24)12-6-4-11(5-7-12)17-16(22)13-9-20(19-18-13)10-14(21)15-3-2-8-25-15/h2-9,14,21H,10H2,1H3,(H,17,22). The minimum absolute atomic E-state index is 0.0931. The lowest BCUT2D eigenvalue weighted by Gasteiger charge is -2.07. The Balaban J connectivity index is 1.64. The molecule has 26 heavy (non-hydrogen) atoms. The molecule has 10 heteroatoms. The van der Waals surface area contributed by atoms with E-state index in [1.165, 1.54) is 46.5 Å². The summed E-state index contributed by atoms with van der Waals surface area (Å²) in [6.07, 6.45) is 1.83. The number of aliphatic hydroxyl groups excluding tert-OH is 1. The number of hydrogen-bond acceptors (Lipinski definition) is 7. The van der Waals surface area contributed by atoms with Crippen molar-refractivity contribution in [3.05, 3.63) is 58.5 Å². The number of rotatable bonds is 6. The average Bonchev–Trinajstić information content (AvgIpc) is 3.26. The van der Waals surface area contributed by atoms with Crippen molar-refractivity contribution in [1.29, 1.82) is 0 Å². The summed E-state index contributed by atoms with van der Waals surface area (Å²) in [5, 5.41) is 22.2. The molecule has 136 valence electrons. The number of nitrogens with zero attached hydrogens (tertiary/aromatic N) is 3. The van der Waals surface area contributed by atoms with E-state index in [2.05, 4.69) is 15.6 Å². The van der Waals surface area contributed by atoms with Gasteiger partial charge in [0, 0.05) is 16.8 Å². The van der Waals surface area contributed by atoms with Crippen molar-refractivity contribution in [2.75, 3.05) is 11.6 Å². The van der Waals surface area contributed by atoms with Crippen molar-refractivity contribution < 1.29 is 18.3 Å². The van der Waals surface area contributed by atoms with Crippen LogP contribution in [0.1, 0.15) is 21.5 Å². The SMILES string of the molecule is CS(=O)(=O)c1ccc(NC(=O)c2cn(CC(O)c3cccs3)nn2)cc1. The molecule has 0 saturated carbocycles. The maximum absolute atomic E-state index is 12.2. The van der Waals surface area contributed by atoms with Gasteiger partial charge in [-0.2, -0.15) is 0 Å². The van der Waals surface area contributed by atoms with E-state index in [0.717, 1.165) is 11.1 Å². The van der Waals surface area contributed by atoms with Gasteiger partial charge in [0.05, 0.1) is 17.6 Å². The number of thiophene rings is 1. The molecule has 0 aliphatic rings. The van der Waals surface area contributed by atoms with Crippen LogP contribution in [0.25, 0.3) is 0 Å². The third kappa shape index (κ3) is 4.34. The fourth-order valence-electron chi connectivity index (χ4n) is 2.22. The lowest BCUT2D eigenvalue weighted by Crippen LogP contribution is -2.12. The van der Waals surface area contributed by atoms with Crippen molar-refractivity contribution in [1.82, 2.24) is 15.0 Å². The van der Waals surface area contributed by atoms with Crippen LogP contribution in [0.4, 0.5) is 5.69 Å². The largest absolute Gasteiger partial charge is 0.386 e. The first-order valence-corrected chi connectivity index (χ1v) is 10.3. The number of benzene rings is 1. The van der Waals surface area contributed by atoms with Crippen LogP contribution in [0, 0.1) is 0 Å². The molecular formula is C16H16N4O4S2. The molecule has 2 N–H and O–H groups in total. The van der Waals surface area contributed by atoms with Gasteiger partial charge >= 0.3 is 0 Å². The molecule has 0 aliphatic carbocycles. The van der Waals surface area contributed by atoms with Crippen LogP contribution in [0.3, 0.4) is 0 Å². The molecule has 0 saturated heterocycles. The van der Waals surface area contributed by atoms with Crippen LogP contribution in [0.2, 0.25) is 0 Å². The number of hydrogen-bond donors (Lipinski definition) is 2.